The zero-order valence-corrected chi connectivity index (χ0v) is 12.9. The lowest BCUT2D eigenvalue weighted by molar-refractivity contribution is 0.558. The molecule has 0 radical (unpaired) electrons. The molecule has 1 aromatic heterocycles. The fourth-order valence-corrected chi connectivity index (χ4v) is 2.73. The molecule has 0 aliphatic rings. The van der Waals surface area contributed by atoms with Crippen molar-refractivity contribution in [3.05, 3.63) is 29.8 Å². The first-order valence-corrected chi connectivity index (χ1v) is 8.11. The predicted octanol–water partition coefficient (Wildman–Crippen LogP) is 4.04. The monoisotopic (exact) mass is 291 g/mol. The fraction of sp³-hybridized carbons (Fsp3) is 0.588. The molecule has 0 spiro atoms. The highest BCUT2D eigenvalue weighted by molar-refractivity contribution is 5.76. The number of halogens is 1. The molecule has 0 saturated heterocycles. The number of unbranched alkanes of at least 4 members (excludes halogenated alkanes) is 4. The van der Waals surface area contributed by atoms with Crippen LogP contribution in [0, 0.1) is 5.82 Å². The molecule has 116 valence electrons. The Hall–Kier alpha value is -1.42. The number of hydrogen-bond donors (Lipinski definition) is 1. The summed E-state index contributed by atoms with van der Waals surface area (Å²) in [7, 11) is 0. The van der Waals surface area contributed by atoms with Crippen LogP contribution >= 0.6 is 0 Å². The van der Waals surface area contributed by atoms with Crippen LogP contribution in [0.15, 0.2) is 18.2 Å². The highest BCUT2D eigenvalue weighted by atomic mass is 19.1. The van der Waals surface area contributed by atoms with E-state index in [0.717, 1.165) is 42.7 Å². The minimum absolute atomic E-state index is 0.222. The molecule has 0 fully saturated rings. The Balaban J connectivity index is 2.13. The van der Waals surface area contributed by atoms with Crippen LogP contribution in [-0.2, 0) is 13.0 Å². The summed E-state index contributed by atoms with van der Waals surface area (Å²) in [4.78, 5) is 4.59. The second-order valence-corrected chi connectivity index (χ2v) is 5.62. The third kappa shape index (κ3) is 4.27. The predicted molar refractivity (Wildman–Crippen MR) is 85.8 cm³/mol. The van der Waals surface area contributed by atoms with Crippen LogP contribution in [0.1, 0.15) is 51.3 Å². The van der Waals surface area contributed by atoms with E-state index in [1.807, 2.05) is 6.07 Å². The van der Waals surface area contributed by atoms with Crippen LogP contribution in [-0.4, -0.2) is 16.1 Å². The van der Waals surface area contributed by atoms with Crippen LogP contribution in [0.5, 0.6) is 0 Å². The molecule has 0 aliphatic carbocycles. The van der Waals surface area contributed by atoms with Gasteiger partial charge in [0.25, 0.3) is 0 Å². The van der Waals surface area contributed by atoms with Gasteiger partial charge in [-0.25, -0.2) is 9.37 Å². The van der Waals surface area contributed by atoms with E-state index in [2.05, 4.69) is 16.5 Å². The quantitative estimate of drug-likeness (QED) is 0.709. The summed E-state index contributed by atoms with van der Waals surface area (Å²) in [6, 6.07) is 4.88. The topological polar surface area (TPSA) is 43.8 Å². The van der Waals surface area contributed by atoms with Crippen molar-refractivity contribution >= 4 is 11.0 Å². The molecule has 2 N–H and O–H groups in total. The average molecular weight is 291 g/mol. The van der Waals surface area contributed by atoms with Gasteiger partial charge in [0.05, 0.1) is 11.0 Å². The van der Waals surface area contributed by atoms with Gasteiger partial charge < -0.3 is 10.3 Å². The van der Waals surface area contributed by atoms with Gasteiger partial charge in [-0.05, 0) is 31.5 Å². The van der Waals surface area contributed by atoms with Crippen molar-refractivity contribution in [1.82, 2.24) is 9.55 Å². The van der Waals surface area contributed by atoms with E-state index in [0.29, 0.717) is 6.54 Å². The molecule has 1 heterocycles. The Kier molecular flexibility index (Phi) is 6.18. The Morgan fingerprint density at radius 2 is 1.95 bits per heavy atom. The third-order valence-electron chi connectivity index (χ3n) is 3.88. The van der Waals surface area contributed by atoms with Crippen molar-refractivity contribution in [2.75, 3.05) is 6.54 Å². The first kappa shape index (κ1) is 16.0. The molecule has 2 aromatic rings. The van der Waals surface area contributed by atoms with Crippen molar-refractivity contribution in [2.45, 2.75) is 58.4 Å². The zero-order valence-electron chi connectivity index (χ0n) is 12.9. The van der Waals surface area contributed by atoms with E-state index < -0.39 is 0 Å². The van der Waals surface area contributed by atoms with E-state index >= 15 is 0 Å². The summed E-state index contributed by atoms with van der Waals surface area (Å²) in [5, 5.41) is 0. The van der Waals surface area contributed by atoms with Gasteiger partial charge in [-0.3, -0.25) is 0 Å². The first-order valence-electron chi connectivity index (χ1n) is 8.11. The zero-order chi connectivity index (χ0) is 15.1. The van der Waals surface area contributed by atoms with Gasteiger partial charge in [0.15, 0.2) is 0 Å². The summed E-state index contributed by atoms with van der Waals surface area (Å²) in [5.74, 6) is 0.817. The summed E-state index contributed by atoms with van der Waals surface area (Å²) in [6.07, 6.45) is 8.02. The van der Waals surface area contributed by atoms with E-state index in [-0.39, 0.29) is 5.82 Å². The SMILES string of the molecule is CCCCCCCn1c(CCCN)nc2cc(F)ccc21. The number of fused-ring (bicyclic) bond motifs is 1. The Morgan fingerprint density at radius 1 is 1.14 bits per heavy atom. The molecule has 3 nitrogen and oxygen atoms in total. The number of rotatable bonds is 9. The van der Waals surface area contributed by atoms with E-state index in [9.17, 15) is 4.39 Å². The maximum Gasteiger partial charge on any atom is 0.125 e. The molecule has 0 bridgehead atoms. The Morgan fingerprint density at radius 3 is 2.71 bits per heavy atom. The van der Waals surface area contributed by atoms with Crippen molar-refractivity contribution in [2.24, 2.45) is 5.73 Å². The summed E-state index contributed by atoms with van der Waals surface area (Å²) in [6.45, 7) is 3.85. The molecule has 2 rings (SSSR count). The van der Waals surface area contributed by atoms with Crippen LogP contribution < -0.4 is 5.73 Å². The largest absolute Gasteiger partial charge is 0.330 e. The maximum absolute atomic E-state index is 13.4. The van der Waals surface area contributed by atoms with Crippen molar-refractivity contribution in [1.29, 1.82) is 0 Å². The van der Waals surface area contributed by atoms with Gasteiger partial charge in [0.1, 0.15) is 11.6 Å². The summed E-state index contributed by atoms with van der Waals surface area (Å²) >= 11 is 0. The molecule has 4 heteroatoms. The van der Waals surface area contributed by atoms with E-state index in [1.54, 1.807) is 0 Å². The second kappa shape index (κ2) is 8.13. The maximum atomic E-state index is 13.4. The Labute approximate surface area is 126 Å². The van der Waals surface area contributed by atoms with Crippen LogP contribution in [0.2, 0.25) is 0 Å². The summed E-state index contributed by atoms with van der Waals surface area (Å²) in [5.41, 5.74) is 7.40. The van der Waals surface area contributed by atoms with Crippen molar-refractivity contribution in [3.63, 3.8) is 0 Å². The number of nitrogens with zero attached hydrogens (tertiary/aromatic N) is 2. The Bertz CT molecular complexity index is 562. The van der Waals surface area contributed by atoms with Crippen LogP contribution in [0.25, 0.3) is 11.0 Å². The molecular weight excluding hydrogens is 265 g/mol. The van der Waals surface area contributed by atoms with Crippen LogP contribution in [0.3, 0.4) is 0 Å². The van der Waals surface area contributed by atoms with E-state index in [1.165, 1.54) is 37.8 Å². The van der Waals surface area contributed by atoms with Gasteiger partial charge in [-0.15, -0.1) is 0 Å². The highest BCUT2D eigenvalue weighted by Gasteiger charge is 2.10. The second-order valence-electron chi connectivity index (χ2n) is 5.62. The molecule has 0 saturated carbocycles. The minimum Gasteiger partial charge on any atom is -0.330 e. The minimum atomic E-state index is -0.222. The lowest BCUT2D eigenvalue weighted by Gasteiger charge is -2.09. The van der Waals surface area contributed by atoms with Gasteiger partial charge in [-0.1, -0.05) is 32.6 Å². The average Bonchev–Trinajstić information content (AvgIpc) is 2.81. The number of aryl methyl sites for hydroxylation is 2. The molecule has 0 aliphatic heterocycles. The molecule has 0 atom stereocenters. The number of nitrogens with two attached hydrogens (primary N) is 1. The number of hydrogen-bond acceptors (Lipinski definition) is 2. The smallest absolute Gasteiger partial charge is 0.125 e. The normalized spacial score (nSPS) is 11.4. The fourth-order valence-electron chi connectivity index (χ4n) is 2.73. The third-order valence-corrected chi connectivity index (χ3v) is 3.88. The molecule has 1 aromatic carbocycles. The summed E-state index contributed by atoms with van der Waals surface area (Å²) < 4.78 is 15.6. The van der Waals surface area contributed by atoms with Gasteiger partial charge in [0.2, 0.25) is 0 Å². The first-order chi connectivity index (χ1) is 10.3. The molecule has 0 amide bonds. The van der Waals surface area contributed by atoms with Gasteiger partial charge in [-0.2, -0.15) is 0 Å². The number of benzene rings is 1. The lowest BCUT2D eigenvalue weighted by atomic mass is 10.1. The lowest BCUT2D eigenvalue weighted by Crippen LogP contribution is -2.07. The standard InChI is InChI=1S/C17H26FN3/c1-2-3-4-5-6-12-21-16-10-9-14(18)13-15(16)20-17(21)8-7-11-19/h9-10,13H,2-8,11-12,19H2,1H3. The van der Waals surface area contributed by atoms with E-state index in [4.69, 9.17) is 5.73 Å². The van der Waals surface area contributed by atoms with Crippen molar-refractivity contribution in [3.8, 4) is 0 Å². The molecule has 0 unspecified atom stereocenters. The van der Waals surface area contributed by atoms with Gasteiger partial charge >= 0.3 is 0 Å². The highest BCUT2D eigenvalue weighted by Crippen LogP contribution is 2.20. The number of aromatic nitrogens is 2. The van der Waals surface area contributed by atoms with Gasteiger partial charge in [0, 0.05) is 19.0 Å². The molecular formula is C17H26FN3. The molecule has 21 heavy (non-hydrogen) atoms. The number of imidazole rings is 1. The van der Waals surface area contributed by atoms with Crippen molar-refractivity contribution < 1.29 is 4.39 Å². The van der Waals surface area contributed by atoms with Crippen LogP contribution in [0.4, 0.5) is 4.39 Å².